The van der Waals surface area contributed by atoms with Crippen LogP contribution in [0.3, 0.4) is 0 Å². The summed E-state index contributed by atoms with van der Waals surface area (Å²) in [7, 11) is -2.51. The molecule has 0 saturated carbocycles. The summed E-state index contributed by atoms with van der Waals surface area (Å²) in [5.74, 6) is -0.704. The molecule has 10 nitrogen and oxygen atoms in total. The van der Waals surface area contributed by atoms with Crippen molar-refractivity contribution in [3.05, 3.63) is 83.6 Å². The van der Waals surface area contributed by atoms with Gasteiger partial charge in [-0.3, -0.25) is 9.69 Å². The summed E-state index contributed by atoms with van der Waals surface area (Å²) in [5.41, 5.74) is 1.28. The second kappa shape index (κ2) is 12.9. The minimum atomic E-state index is -4.01. The lowest BCUT2D eigenvalue weighted by Crippen LogP contribution is -2.40. The van der Waals surface area contributed by atoms with Gasteiger partial charge in [0, 0.05) is 6.54 Å². The Morgan fingerprint density at radius 3 is 2.02 bits per heavy atom. The second-order valence-corrected chi connectivity index (χ2v) is 13.8. The summed E-state index contributed by atoms with van der Waals surface area (Å²) >= 11 is 0. The molecule has 0 fully saturated rings. The van der Waals surface area contributed by atoms with Gasteiger partial charge >= 0.3 is 12.1 Å². The number of benzene rings is 2. The van der Waals surface area contributed by atoms with E-state index in [0.717, 1.165) is 16.0 Å². The number of nitrogens with zero attached hydrogens (tertiary/aromatic N) is 3. The number of hydrogen-bond acceptors (Lipinski definition) is 7. The van der Waals surface area contributed by atoms with Crippen LogP contribution in [0.25, 0.3) is 0 Å². The Balaban J connectivity index is 2.01. The maximum atomic E-state index is 13.9. The predicted molar refractivity (Wildman–Crippen MR) is 160 cm³/mol. The molecule has 0 unspecified atom stereocenters. The SMILES string of the molecule is COc1ccc(S(=O)(=O)N(Cc2ccc(C(C)(C)C)cc2)Cc2cccc(N(CC(=O)O)C(=O)OC(C)(C)C)n2)cc1. The standard InChI is InChI=1S/C31H39N3O7S/c1-30(2,3)23-13-11-22(12-14-23)19-33(42(38,39)26-17-15-25(40-7)16-18-26)20-24-9-8-10-27(32-24)34(21-28(35)36)29(37)41-31(4,5)6/h8-18H,19-21H2,1-7H3,(H,35,36). The van der Waals surface area contributed by atoms with Crippen LogP contribution in [-0.4, -0.2) is 54.1 Å². The third-order valence-electron chi connectivity index (χ3n) is 6.19. The van der Waals surface area contributed by atoms with Gasteiger partial charge in [0.1, 0.15) is 23.7 Å². The highest BCUT2D eigenvalue weighted by atomic mass is 32.2. The first-order valence-corrected chi connectivity index (χ1v) is 14.9. The minimum Gasteiger partial charge on any atom is -0.497 e. The Bertz CT molecular complexity index is 1490. The zero-order valence-electron chi connectivity index (χ0n) is 25.1. The minimum absolute atomic E-state index is 0.0282. The number of carboxylic acid groups (broad SMARTS) is 1. The molecule has 1 aromatic heterocycles. The van der Waals surface area contributed by atoms with E-state index in [9.17, 15) is 23.1 Å². The van der Waals surface area contributed by atoms with E-state index < -0.39 is 34.2 Å². The number of aliphatic carboxylic acids is 1. The van der Waals surface area contributed by atoms with E-state index in [-0.39, 0.29) is 29.2 Å². The van der Waals surface area contributed by atoms with Crippen LogP contribution in [0.4, 0.5) is 10.6 Å². The maximum absolute atomic E-state index is 13.9. The molecular formula is C31H39N3O7S. The topological polar surface area (TPSA) is 126 Å². The summed E-state index contributed by atoms with van der Waals surface area (Å²) in [4.78, 5) is 29.9. The Hall–Kier alpha value is -3.96. The summed E-state index contributed by atoms with van der Waals surface area (Å²) in [6.07, 6.45) is -0.879. The molecule has 3 rings (SSSR count). The number of anilines is 1. The van der Waals surface area contributed by atoms with Crippen molar-refractivity contribution in [3.63, 3.8) is 0 Å². The highest BCUT2D eigenvalue weighted by molar-refractivity contribution is 7.89. The van der Waals surface area contributed by atoms with Crippen molar-refractivity contribution in [1.29, 1.82) is 0 Å². The smallest absolute Gasteiger partial charge is 0.416 e. The van der Waals surface area contributed by atoms with Gasteiger partial charge in [-0.15, -0.1) is 0 Å². The highest BCUT2D eigenvalue weighted by Crippen LogP contribution is 2.26. The van der Waals surface area contributed by atoms with Gasteiger partial charge in [-0.2, -0.15) is 4.31 Å². The van der Waals surface area contributed by atoms with Crippen molar-refractivity contribution in [2.45, 2.75) is 70.5 Å². The number of amides is 1. The number of hydrogen-bond donors (Lipinski definition) is 1. The first-order valence-electron chi connectivity index (χ1n) is 13.4. The van der Waals surface area contributed by atoms with Crippen molar-refractivity contribution in [1.82, 2.24) is 9.29 Å². The van der Waals surface area contributed by atoms with Gasteiger partial charge in [-0.05, 0) is 73.7 Å². The van der Waals surface area contributed by atoms with Crippen LogP contribution in [0, 0.1) is 0 Å². The number of carbonyl (C=O) groups excluding carboxylic acids is 1. The van der Waals surface area contributed by atoms with Crippen molar-refractivity contribution in [2.24, 2.45) is 0 Å². The van der Waals surface area contributed by atoms with Gasteiger partial charge < -0.3 is 14.6 Å². The lowest BCUT2D eigenvalue weighted by Gasteiger charge is -2.26. The molecule has 0 radical (unpaired) electrons. The van der Waals surface area contributed by atoms with Crippen molar-refractivity contribution >= 4 is 27.9 Å². The van der Waals surface area contributed by atoms with Gasteiger partial charge in [-0.1, -0.05) is 51.1 Å². The number of rotatable bonds is 10. The van der Waals surface area contributed by atoms with Crippen LogP contribution in [0.2, 0.25) is 0 Å². The van der Waals surface area contributed by atoms with Gasteiger partial charge in [0.2, 0.25) is 10.0 Å². The number of aromatic nitrogens is 1. The van der Waals surface area contributed by atoms with Crippen LogP contribution >= 0.6 is 0 Å². The van der Waals surface area contributed by atoms with E-state index in [0.29, 0.717) is 11.4 Å². The van der Waals surface area contributed by atoms with Gasteiger partial charge in [-0.25, -0.2) is 18.2 Å². The molecule has 1 heterocycles. The zero-order valence-corrected chi connectivity index (χ0v) is 25.9. The summed E-state index contributed by atoms with van der Waals surface area (Å²) in [6, 6.07) is 18.6. The van der Waals surface area contributed by atoms with Crippen LogP contribution in [0.1, 0.15) is 58.4 Å². The molecule has 0 aliphatic carbocycles. The number of methoxy groups -OCH3 is 1. The summed E-state index contributed by atoms with van der Waals surface area (Å²) in [6.45, 7) is 10.5. The molecule has 1 amide bonds. The number of sulfonamides is 1. The number of carbonyl (C=O) groups is 2. The largest absolute Gasteiger partial charge is 0.497 e. The van der Waals surface area contributed by atoms with Gasteiger partial charge in [0.25, 0.3) is 0 Å². The van der Waals surface area contributed by atoms with Crippen LogP contribution < -0.4 is 9.64 Å². The van der Waals surface area contributed by atoms with E-state index in [4.69, 9.17) is 9.47 Å². The molecule has 0 atom stereocenters. The summed E-state index contributed by atoms with van der Waals surface area (Å²) in [5, 5.41) is 9.44. The van der Waals surface area contributed by atoms with Gasteiger partial charge in [0.15, 0.2) is 0 Å². The predicted octanol–water partition coefficient (Wildman–Crippen LogP) is 5.60. The first-order chi connectivity index (χ1) is 19.5. The number of carboxylic acids is 1. The van der Waals surface area contributed by atoms with E-state index in [1.165, 1.54) is 29.6 Å². The average molecular weight is 598 g/mol. The van der Waals surface area contributed by atoms with Crippen LogP contribution in [0.5, 0.6) is 5.75 Å². The normalized spacial score (nSPS) is 12.2. The monoisotopic (exact) mass is 597 g/mol. The first kappa shape index (κ1) is 32.6. The van der Waals surface area contributed by atoms with Crippen molar-refractivity contribution in [2.75, 3.05) is 18.6 Å². The molecule has 0 aliphatic rings. The van der Waals surface area contributed by atoms with Crippen molar-refractivity contribution in [3.8, 4) is 5.75 Å². The molecule has 2 aromatic carbocycles. The van der Waals surface area contributed by atoms with E-state index in [2.05, 4.69) is 25.8 Å². The van der Waals surface area contributed by atoms with E-state index in [1.807, 2.05) is 24.3 Å². The van der Waals surface area contributed by atoms with Crippen molar-refractivity contribution < 1.29 is 32.6 Å². The highest BCUT2D eigenvalue weighted by Gasteiger charge is 2.29. The van der Waals surface area contributed by atoms with Crippen LogP contribution in [0.15, 0.2) is 71.6 Å². The molecule has 3 aromatic rings. The average Bonchev–Trinajstić information content (AvgIpc) is 2.90. The maximum Gasteiger partial charge on any atom is 0.416 e. The quantitative estimate of drug-likeness (QED) is 0.320. The fourth-order valence-electron chi connectivity index (χ4n) is 4.01. The third kappa shape index (κ3) is 8.77. The van der Waals surface area contributed by atoms with E-state index in [1.54, 1.807) is 45.0 Å². The number of pyridine rings is 1. The lowest BCUT2D eigenvalue weighted by atomic mass is 9.87. The Morgan fingerprint density at radius 2 is 1.50 bits per heavy atom. The fraction of sp³-hybridized carbons (Fsp3) is 0.387. The molecular weight excluding hydrogens is 558 g/mol. The van der Waals surface area contributed by atoms with E-state index >= 15 is 0 Å². The number of ether oxygens (including phenoxy) is 2. The zero-order chi connectivity index (χ0) is 31.3. The summed E-state index contributed by atoms with van der Waals surface area (Å²) < 4.78 is 39.6. The third-order valence-corrected chi connectivity index (χ3v) is 8.00. The molecule has 0 spiro atoms. The molecule has 1 N–H and O–H groups in total. The van der Waals surface area contributed by atoms with Crippen LogP contribution in [-0.2, 0) is 38.1 Å². The molecule has 11 heteroatoms. The molecule has 0 bridgehead atoms. The molecule has 42 heavy (non-hydrogen) atoms. The Morgan fingerprint density at radius 1 is 0.881 bits per heavy atom. The Kier molecular flexibility index (Phi) is 10.0. The second-order valence-electron chi connectivity index (χ2n) is 11.8. The Labute approximate surface area is 247 Å². The van der Waals surface area contributed by atoms with Gasteiger partial charge in [0.05, 0.1) is 24.2 Å². The lowest BCUT2D eigenvalue weighted by molar-refractivity contribution is -0.135. The fourth-order valence-corrected chi connectivity index (χ4v) is 5.41. The molecule has 0 saturated heterocycles. The molecule has 0 aliphatic heterocycles. The molecule has 226 valence electrons.